The van der Waals surface area contributed by atoms with Crippen molar-refractivity contribution in [1.82, 2.24) is 14.9 Å². The van der Waals surface area contributed by atoms with Gasteiger partial charge >= 0.3 is 6.18 Å². The second-order valence-electron chi connectivity index (χ2n) is 10.2. The molecule has 0 bridgehead atoms. The number of aryl methyl sites for hydroxylation is 1. The van der Waals surface area contributed by atoms with Crippen LogP contribution in [0.4, 0.5) is 37.8 Å². The third-order valence-corrected chi connectivity index (χ3v) is 6.82. The summed E-state index contributed by atoms with van der Waals surface area (Å²) in [6, 6.07) is 4.03. The number of nitrogens with zero attached hydrogens (tertiary/aromatic N) is 3. The third kappa shape index (κ3) is 6.62. The lowest BCUT2D eigenvalue weighted by Gasteiger charge is -2.37. The molecule has 2 aromatic carbocycles. The lowest BCUT2D eigenvalue weighted by molar-refractivity contribution is -0.140. The average Bonchev–Trinajstić information content (AvgIpc) is 2.83. The number of anilines is 2. The molecule has 13 heteroatoms. The molecule has 1 aromatic heterocycles. The van der Waals surface area contributed by atoms with Gasteiger partial charge in [0.2, 0.25) is 5.92 Å². The second kappa shape index (κ2) is 11.2. The summed E-state index contributed by atoms with van der Waals surface area (Å²) in [4.78, 5) is 10.7. The highest BCUT2D eigenvalue weighted by molar-refractivity contribution is 5.92. The lowest BCUT2D eigenvalue weighted by Crippen LogP contribution is -2.42. The minimum atomic E-state index is -4.91. The molecule has 1 heterocycles. The number of alkyl halides is 5. The highest BCUT2D eigenvalue weighted by Crippen LogP contribution is 2.42. The molecule has 1 aliphatic rings. The quantitative estimate of drug-likeness (QED) is 0.221. The number of methoxy groups -OCH3 is 1. The average molecular weight is 572 g/mol. The zero-order chi connectivity index (χ0) is 29.4. The van der Waals surface area contributed by atoms with E-state index in [1.165, 1.54) is 14.0 Å². The summed E-state index contributed by atoms with van der Waals surface area (Å²) in [5.41, 5.74) is 4.18. The van der Waals surface area contributed by atoms with Crippen molar-refractivity contribution in [3.63, 3.8) is 0 Å². The van der Waals surface area contributed by atoms with Crippen LogP contribution in [0, 0.1) is 18.7 Å². The number of benzene rings is 2. The van der Waals surface area contributed by atoms with Crippen LogP contribution in [0.1, 0.15) is 42.8 Å². The maximum absolute atomic E-state index is 14.9. The van der Waals surface area contributed by atoms with Gasteiger partial charge in [0.05, 0.1) is 24.2 Å². The molecule has 40 heavy (non-hydrogen) atoms. The van der Waals surface area contributed by atoms with Crippen LogP contribution in [0.2, 0.25) is 0 Å². The third-order valence-electron chi connectivity index (χ3n) is 6.82. The first-order valence-electron chi connectivity index (χ1n) is 12.6. The molecule has 1 fully saturated rings. The summed E-state index contributed by atoms with van der Waals surface area (Å²) in [5.74, 6) is -2.67. The standard InChI is InChI=1S/C27H31F6N5O2/c1-14(18-7-17(34)8-20(24(18)28)27(31,32)33)35-25-19-9-23(22(39-4)10-21(19)36-15(2)37-25)40-6-5-38(3)13-16-11-26(29,30)12-16/h7-10,14,16H,5-6,11-13,34H2,1-4H3,(H,35,36,37)/t14-/m1/s1. The van der Waals surface area contributed by atoms with Crippen LogP contribution in [0.25, 0.3) is 10.9 Å². The monoisotopic (exact) mass is 571 g/mol. The molecule has 3 N–H and O–H groups in total. The SMILES string of the molecule is COc1cc2nc(C)nc(N[C@H](C)c3cc(N)cc(C(F)(F)F)c3F)c2cc1OCCN(C)CC1CC(F)(F)C1. The minimum Gasteiger partial charge on any atom is -0.493 e. The summed E-state index contributed by atoms with van der Waals surface area (Å²) >= 11 is 0. The van der Waals surface area contributed by atoms with E-state index in [-0.39, 0.29) is 42.4 Å². The summed E-state index contributed by atoms with van der Waals surface area (Å²) in [6.07, 6.45) is -5.13. The summed E-state index contributed by atoms with van der Waals surface area (Å²) in [6.45, 7) is 4.39. The van der Waals surface area contributed by atoms with Crippen molar-refractivity contribution < 1.29 is 35.8 Å². The molecule has 218 valence electrons. The Morgan fingerprint density at radius 2 is 1.85 bits per heavy atom. The smallest absolute Gasteiger partial charge is 0.419 e. The Hall–Kier alpha value is -3.48. The number of aromatic nitrogens is 2. The van der Waals surface area contributed by atoms with E-state index in [0.29, 0.717) is 47.4 Å². The first-order valence-corrected chi connectivity index (χ1v) is 12.6. The summed E-state index contributed by atoms with van der Waals surface area (Å²) in [5, 5.41) is 3.46. The summed E-state index contributed by atoms with van der Waals surface area (Å²) < 4.78 is 92.6. The van der Waals surface area contributed by atoms with E-state index in [1.807, 2.05) is 11.9 Å². The van der Waals surface area contributed by atoms with Gasteiger partial charge in [-0.15, -0.1) is 0 Å². The van der Waals surface area contributed by atoms with Gasteiger partial charge in [-0.3, -0.25) is 0 Å². The Balaban J connectivity index is 1.56. The van der Waals surface area contributed by atoms with Crippen molar-refractivity contribution in [1.29, 1.82) is 0 Å². The van der Waals surface area contributed by atoms with Crippen LogP contribution < -0.4 is 20.5 Å². The van der Waals surface area contributed by atoms with Crippen LogP contribution in [-0.2, 0) is 6.18 Å². The number of nitrogens with two attached hydrogens (primary N) is 1. The molecular formula is C27H31F6N5O2. The van der Waals surface area contributed by atoms with Crippen LogP contribution in [-0.4, -0.2) is 54.6 Å². The van der Waals surface area contributed by atoms with Gasteiger partial charge in [0.1, 0.15) is 24.1 Å². The predicted molar refractivity (Wildman–Crippen MR) is 139 cm³/mol. The van der Waals surface area contributed by atoms with Crippen molar-refractivity contribution in [2.75, 3.05) is 44.9 Å². The van der Waals surface area contributed by atoms with Crippen molar-refractivity contribution in [3.05, 3.63) is 47.0 Å². The topological polar surface area (TPSA) is 85.5 Å². The highest BCUT2D eigenvalue weighted by atomic mass is 19.4. The molecule has 0 radical (unpaired) electrons. The van der Waals surface area contributed by atoms with Crippen molar-refractivity contribution in [2.45, 2.75) is 44.8 Å². The fraction of sp³-hybridized carbons (Fsp3) is 0.481. The molecule has 1 aliphatic carbocycles. The van der Waals surface area contributed by atoms with Crippen LogP contribution in [0.3, 0.4) is 0 Å². The van der Waals surface area contributed by atoms with Gasteiger partial charge in [0.25, 0.3) is 0 Å². The van der Waals surface area contributed by atoms with Gasteiger partial charge < -0.3 is 25.4 Å². The normalized spacial score (nSPS) is 16.2. The Morgan fingerprint density at radius 3 is 2.48 bits per heavy atom. The molecule has 4 rings (SSSR count). The molecule has 0 aliphatic heterocycles. The maximum atomic E-state index is 14.9. The van der Waals surface area contributed by atoms with Gasteiger partial charge in [-0.2, -0.15) is 13.2 Å². The van der Waals surface area contributed by atoms with E-state index < -0.39 is 29.5 Å². The first-order chi connectivity index (χ1) is 18.7. The zero-order valence-electron chi connectivity index (χ0n) is 22.5. The number of hydrogen-bond donors (Lipinski definition) is 2. The van der Waals surface area contributed by atoms with Gasteiger partial charge in [-0.05, 0) is 45.0 Å². The van der Waals surface area contributed by atoms with Gasteiger partial charge in [0.15, 0.2) is 11.5 Å². The highest BCUT2D eigenvalue weighted by Gasteiger charge is 2.45. The van der Waals surface area contributed by atoms with E-state index >= 15 is 0 Å². The van der Waals surface area contributed by atoms with Crippen molar-refractivity contribution >= 4 is 22.4 Å². The Morgan fingerprint density at radius 1 is 1.15 bits per heavy atom. The Kier molecular flexibility index (Phi) is 8.25. The molecule has 0 spiro atoms. The van der Waals surface area contributed by atoms with Gasteiger partial charge in [-0.25, -0.2) is 23.1 Å². The fourth-order valence-electron chi connectivity index (χ4n) is 4.87. The summed E-state index contributed by atoms with van der Waals surface area (Å²) in [7, 11) is 3.30. The molecule has 0 saturated heterocycles. The Labute approximate surface area is 227 Å². The maximum Gasteiger partial charge on any atom is 0.419 e. The molecular weight excluding hydrogens is 540 g/mol. The molecule has 1 atom stereocenters. The van der Waals surface area contributed by atoms with Crippen molar-refractivity contribution in [3.8, 4) is 11.5 Å². The Bertz CT molecular complexity index is 1380. The second-order valence-corrected chi connectivity index (χ2v) is 10.2. The molecule has 0 unspecified atom stereocenters. The number of halogens is 6. The van der Waals surface area contributed by atoms with E-state index in [0.717, 1.165) is 6.07 Å². The van der Waals surface area contributed by atoms with Gasteiger partial charge in [-0.1, -0.05) is 0 Å². The number of hydrogen-bond acceptors (Lipinski definition) is 7. The first kappa shape index (κ1) is 29.5. The number of rotatable bonds is 10. The minimum absolute atomic E-state index is 0.0526. The number of fused-ring (bicyclic) bond motifs is 1. The van der Waals surface area contributed by atoms with E-state index in [4.69, 9.17) is 15.2 Å². The van der Waals surface area contributed by atoms with Crippen LogP contribution in [0.5, 0.6) is 11.5 Å². The molecule has 7 nitrogen and oxygen atoms in total. The zero-order valence-corrected chi connectivity index (χ0v) is 22.5. The lowest BCUT2D eigenvalue weighted by atomic mass is 9.81. The number of nitrogens with one attached hydrogen (secondary N) is 1. The number of ether oxygens (including phenoxy) is 2. The number of likely N-dealkylation sites (N-methyl/N-ethyl adjacent to an activating group) is 1. The fourth-order valence-corrected chi connectivity index (χ4v) is 4.87. The number of nitrogen functional groups attached to an aromatic ring is 1. The van der Waals surface area contributed by atoms with E-state index in [2.05, 4.69) is 15.3 Å². The van der Waals surface area contributed by atoms with Crippen LogP contribution >= 0.6 is 0 Å². The van der Waals surface area contributed by atoms with E-state index in [1.54, 1.807) is 19.1 Å². The molecule has 1 saturated carbocycles. The molecule has 0 amide bonds. The van der Waals surface area contributed by atoms with Crippen LogP contribution in [0.15, 0.2) is 24.3 Å². The van der Waals surface area contributed by atoms with Gasteiger partial charge in [0, 0.05) is 48.6 Å². The molecule has 3 aromatic rings. The predicted octanol–water partition coefficient (Wildman–Crippen LogP) is 6.22. The largest absolute Gasteiger partial charge is 0.493 e. The van der Waals surface area contributed by atoms with E-state index in [9.17, 15) is 26.3 Å². The van der Waals surface area contributed by atoms with Crippen molar-refractivity contribution in [2.24, 2.45) is 5.92 Å².